The highest BCUT2D eigenvalue weighted by molar-refractivity contribution is 6.99. The van der Waals surface area contributed by atoms with Gasteiger partial charge in [-0.2, -0.15) is 0 Å². The molecule has 0 aromatic heterocycles. The number of hydrogen-bond acceptors (Lipinski definition) is 4. The normalized spacial score (nSPS) is 14.7. The second-order valence-corrected chi connectivity index (χ2v) is 22.1. The first-order valence-electron chi connectivity index (χ1n) is 14.0. The molecule has 2 atom stereocenters. The van der Waals surface area contributed by atoms with Gasteiger partial charge >= 0.3 is 0 Å². The summed E-state index contributed by atoms with van der Waals surface area (Å²) >= 11 is 0. The minimum Gasteiger partial charge on any atom is -0.414 e. The summed E-state index contributed by atoms with van der Waals surface area (Å²) in [6, 6.07) is 31.2. The molecule has 0 aliphatic heterocycles. The molecule has 212 valence electrons. The van der Waals surface area contributed by atoms with Gasteiger partial charge in [-0.25, -0.2) is 0 Å². The van der Waals surface area contributed by atoms with Gasteiger partial charge in [0.15, 0.2) is 8.32 Å². The fourth-order valence-corrected chi connectivity index (χ4v) is 10.2. The largest absolute Gasteiger partial charge is 0.414 e. The van der Waals surface area contributed by atoms with E-state index in [0.29, 0.717) is 6.61 Å². The van der Waals surface area contributed by atoms with Crippen molar-refractivity contribution in [2.24, 2.45) is 0 Å². The summed E-state index contributed by atoms with van der Waals surface area (Å²) in [5.74, 6) is 0. The second-order valence-electron chi connectivity index (χ2n) is 12.9. The van der Waals surface area contributed by atoms with E-state index in [-0.39, 0.29) is 23.3 Å². The molecule has 3 aromatic carbocycles. The van der Waals surface area contributed by atoms with E-state index in [0.717, 1.165) is 5.56 Å². The molecule has 0 unspecified atom stereocenters. The molecule has 0 aliphatic carbocycles. The maximum atomic E-state index is 11.5. The summed E-state index contributed by atoms with van der Waals surface area (Å²) in [5.41, 5.74) is 1.06. The fraction of sp³-hybridized carbons (Fsp3) is 0.455. The summed E-state index contributed by atoms with van der Waals surface area (Å²) < 4.78 is 20.0. The molecule has 39 heavy (non-hydrogen) atoms. The van der Waals surface area contributed by atoms with Crippen molar-refractivity contribution >= 4 is 27.0 Å². The predicted octanol–water partition coefficient (Wildman–Crippen LogP) is 6.53. The van der Waals surface area contributed by atoms with Crippen LogP contribution in [-0.4, -0.2) is 47.2 Å². The Bertz CT molecular complexity index is 1080. The lowest BCUT2D eigenvalue weighted by Crippen LogP contribution is -2.67. The zero-order chi connectivity index (χ0) is 28.7. The van der Waals surface area contributed by atoms with E-state index in [1.807, 2.05) is 42.5 Å². The van der Waals surface area contributed by atoms with Crippen molar-refractivity contribution in [3.05, 3.63) is 96.6 Å². The van der Waals surface area contributed by atoms with Crippen LogP contribution in [0.5, 0.6) is 0 Å². The molecule has 1 N–H and O–H groups in total. The second kappa shape index (κ2) is 13.1. The average molecular weight is 565 g/mol. The van der Waals surface area contributed by atoms with E-state index in [2.05, 4.69) is 103 Å². The number of benzene rings is 3. The van der Waals surface area contributed by atoms with Gasteiger partial charge in [0.1, 0.15) is 12.2 Å². The summed E-state index contributed by atoms with van der Waals surface area (Å²) in [7, 11) is -4.82. The van der Waals surface area contributed by atoms with Gasteiger partial charge in [0, 0.05) is 0 Å². The minimum absolute atomic E-state index is 0.0541. The molecule has 0 spiro atoms. The highest BCUT2D eigenvalue weighted by Gasteiger charge is 2.50. The highest BCUT2D eigenvalue weighted by Crippen LogP contribution is 2.38. The van der Waals surface area contributed by atoms with Crippen molar-refractivity contribution < 1.29 is 18.7 Å². The third-order valence-corrected chi connectivity index (χ3v) is 17.5. The van der Waals surface area contributed by atoms with Gasteiger partial charge in [-0.05, 0) is 39.1 Å². The van der Waals surface area contributed by atoms with Crippen molar-refractivity contribution in [2.45, 2.75) is 83.5 Å². The molecular weight excluding hydrogens is 517 g/mol. The number of rotatable bonds is 12. The Kier molecular flexibility index (Phi) is 10.5. The van der Waals surface area contributed by atoms with Crippen LogP contribution in [0.1, 0.15) is 47.1 Å². The zero-order valence-electron chi connectivity index (χ0n) is 25.1. The first-order valence-corrected chi connectivity index (χ1v) is 18.8. The third-order valence-electron chi connectivity index (χ3n) is 8.04. The lowest BCUT2D eigenvalue weighted by atomic mass is 10.2. The summed E-state index contributed by atoms with van der Waals surface area (Å²) in [6.07, 6.45) is -1.36. The minimum atomic E-state index is -2.78. The van der Waals surface area contributed by atoms with E-state index < -0.39 is 28.8 Å². The smallest absolute Gasteiger partial charge is 0.261 e. The SMILES string of the molecule is CC(C)(C)[Si](C)(C)OC[C@H](O)[C@H](CO[Si](c1ccccc1)(c1ccccc1)C(C)(C)C)OCc1ccccc1. The van der Waals surface area contributed by atoms with Crippen LogP contribution in [0.4, 0.5) is 0 Å². The van der Waals surface area contributed by atoms with Crippen molar-refractivity contribution in [1.82, 2.24) is 0 Å². The van der Waals surface area contributed by atoms with Crippen LogP contribution in [0.15, 0.2) is 91.0 Å². The molecule has 3 aromatic rings. The number of ether oxygens (including phenoxy) is 1. The Hall–Kier alpha value is -2.07. The van der Waals surface area contributed by atoms with E-state index in [1.165, 1.54) is 10.4 Å². The Morgan fingerprint density at radius 3 is 1.54 bits per heavy atom. The molecule has 0 heterocycles. The maximum absolute atomic E-state index is 11.5. The summed E-state index contributed by atoms with van der Waals surface area (Å²) in [6.45, 7) is 18.7. The molecule has 0 bridgehead atoms. The standard InChI is InChI=1S/C33H48O4Si2/c1-32(2,3)38(7,8)36-25-30(34)31(35-24-27-18-12-9-13-19-27)26-37-39(33(4,5)6,28-20-14-10-15-21-28)29-22-16-11-17-23-29/h9-23,30-31,34H,24-26H2,1-8H3/t30-,31-/m0/s1. The third kappa shape index (κ3) is 7.78. The molecule has 0 saturated heterocycles. The van der Waals surface area contributed by atoms with Crippen LogP contribution in [0.3, 0.4) is 0 Å². The molecule has 0 amide bonds. The quantitative estimate of drug-likeness (QED) is 0.254. The van der Waals surface area contributed by atoms with Gasteiger partial charge < -0.3 is 18.7 Å². The average Bonchev–Trinajstić information content (AvgIpc) is 2.89. The highest BCUT2D eigenvalue weighted by atomic mass is 28.4. The first-order chi connectivity index (χ1) is 18.3. The Balaban J connectivity index is 1.94. The van der Waals surface area contributed by atoms with Gasteiger partial charge in [0.25, 0.3) is 8.32 Å². The van der Waals surface area contributed by atoms with Crippen molar-refractivity contribution in [3.8, 4) is 0 Å². The van der Waals surface area contributed by atoms with Crippen LogP contribution in [-0.2, 0) is 20.2 Å². The summed E-state index contributed by atoms with van der Waals surface area (Å²) in [4.78, 5) is 0. The lowest BCUT2D eigenvalue weighted by Gasteiger charge is -2.44. The number of aliphatic hydroxyl groups is 1. The van der Waals surface area contributed by atoms with E-state index in [4.69, 9.17) is 13.6 Å². The van der Waals surface area contributed by atoms with E-state index in [9.17, 15) is 5.11 Å². The van der Waals surface area contributed by atoms with E-state index >= 15 is 0 Å². The van der Waals surface area contributed by atoms with Crippen LogP contribution < -0.4 is 10.4 Å². The lowest BCUT2D eigenvalue weighted by molar-refractivity contribution is -0.0814. The predicted molar refractivity (Wildman–Crippen MR) is 168 cm³/mol. The van der Waals surface area contributed by atoms with Crippen LogP contribution >= 0.6 is 0 Å². The molecule has 0 aliphatic rings. The van der Waals surface area contributed by atoms with Gasteiger partial charge in [-0.3, -0.25) is 0 Å². The maximum Gasteiger partial charge on any atom is 0.261 e. The van der Waals surface area contributed by atoms with E-state index in [1.54, 1.807) is 0 Å². The molecule has 6 heteroatoms. The molecule has 0 saturated carbocycles. The fourth-order valence-electron chi connectivity index (χ4n) is 4.63. The van der Waals surface area contributed by atoms with Crippen LogP contribution in [0.25, 0.3) is 0 Å². The Morgan fingerprint density at radius 2 is 1.10 bits per heavy atom. The monoisotopic (exact) mass is 564 g/mol. The molecule has 0 fully saturated rings. The van der Waals surface area contributed by atoms with Gasteiger partial charge in [-0.1, -0.05) is 133 Å². The van der Waals surface area contributed by atoms with Gasteiger partial charge in [-0.15, -0.1) is 0 Å². The molecular formula is C33H48O4Si2. The Morgan fingerprint density at radius 1 is 0.641 bits per heavy atom. The number of aliphatic hydroxyl groups excluding tert-OH is 1. The van der Waals surface area contributed by atoms with Crippen LogP contribution in [0.2, 0.25) is 23.2 Å². The zero-order valence-corrected chi connectivity index (χ0v) is 27.1. The van der Waals surface area contributed by atoms with Crippen LogP contribution in [0, 0.1) is 0 Å². The summed E-state index contributed by atoms with van der Waals surface area (Å²) in [5, 5.41) is 13.8. The van der Waals surface area contributed by atoms with Gasteiger partial charge in [0.05, 0.1) is 19.8 Å². The van der Waals surface area contributed by atoms with Crippen molar-refractivity contribution in [2.75, 3.05) is 13.2 Å². The van der Waals surface area contributed by atoms with Crippen molar-refractivity contribution in [1.29, 1.82) is 0 Å². The van der Waals surface area contributed by atoms with Crippen molar-refractivity contribution in [3.63, 3.8) is 0 Å². The molecule has 3 rings (SSSR count). The first kappa shape index (κ1) is 31.5. The molecule has 4 nitrogen and oxygen atoms in total. The molecule has 0 radical (unpaired) electrons. The Labute approximate surface area is 238 Å². The number of hydrogen-bond donors (Lipinski definition) is 1. The topological polar surface area (TPSA) is 47.9 Å². The van der Waals surface area contributed by atoms with Gasteiger partial charge in [0.2, 0.25) is 0 Å².